The van der Waals surface area contributed by atoms with Crippen molar-refractivity contribution in [2.45, 2.75) is 6.61 Å². The fourth-order valence-corrected chi connectivity index (χ4v) is 2.94. The Kier molecular flexibility index (Phi) is 6.85. The van der Waals surface area contributed by atoms with Gasteiger partial charge in [-0.2, -0.15) is 0 Å². The van der Waals surface area contributed by atoms with Gasteiger partial charge in [0.1, 0.15) is 17.9 Å². The molecule has 142 valence electrons. The molecule has 0 radical (unpaired) electrons. The molecule has 0 aliphatic rings. The Hall–Kier alpha value is -2.63. The molecule has 4 nitrogen and oxygen atoms in total. The van der Waals surface area contributed by atoms with E-state index in [0.717, 1.165) is 5.56 Å². The molecule has 0 unspecified atom stereocenters. The SMILES string of the molecule is O=C(COC(=O)c1cc(Br)ccc1OCc1ccccc1)c1ccc(Cl)cc1. The van der Waals surface area contributed by atoms with E-state index in [4.69, 9.17) is 21.1 Å². The van der Waals surface area contributed by atoms with E-state index < -0.39 is 5.97 Å². The first-order chi connectivity index (χ1) is 13.5. The number of esters is 1. The fourth-order valence-electron chi connectivity index (χ4n) is 2.45. The van der Waals surface area contributed by atoms with Crippen molar-refractivity contribution in [1.29, 1.82) is 0 Å². The van der Waals surface area contributed by atoms with Crippen molar-refractivity contribution in [2.24, 2.45) is 0 Å². The van der Waals surface area contributed by atoms with E-state index >= 15 is 0 Å². The van der Waals surface area contributed by atoms with Gasteiger partial charge in [-0.05, 0) is 48.0 Å². The van der Waals surface area contributed by atoms with Crippen molar-refractivity contribution >= 4 is 39.3 Å². The predicted octanol–water partition coefficient (Wildman–Crippen LogP) is 5.72. The van der Waals surface area contributed by atoms with Crippen LogP contribution in [0.2, 0.25) is 5.02 Å². The van der Waals surface area contributed by atoms with Crippen LogP contribution in [0.3, 0.4) is 0 Å². The smallest absolute Gasteiger partial charge is 0.342 e. The molecule has 3 aromatic rings. The third kappa shape index (κ3) is 5.44. The highest BCUT2D eigenvalue weighted by Gasteiger charge is 2.17. The molecule has 0 saturated carbocycles. The molecule has 28 heavy (non-hydrogen) atoms. The van der Waals surface area contributed by atoms with Crippen molar-refractivity contribution in [3.63, 3.8) is 0 Å². The molecule has 3 rings (SSSR count). The summed E-state index contributed by atoms with van der Waals surface area (Å²) in [6.45, 7) is -0.0580. The zero-order chi connectivity index (χ0) is 19.9. The monoisotopic (exact) mass is 458 g/mol. The van der Waals surface area contributed by atoms with Gasteiger partial charge in [-0.3, -0.25) is 4.79 Å². The minimum Gasteiger partial charge on any atom is -0.488 e. The number of hydrogen-bond donors (Lipinski definition) is 0. The Labute approximate surface area is 176 Å². The minimum absolute atomic E-state index is 0.245. The van der Waals surface area contributed by atoms with E-state index in [1.807, 2.05) is 30.3 Å². The van der Waals surface area contributed by atoms with Gasteiger partial charge in [-0.25, -0.2) is 4.79 Å². The average Bonchev–Trinajstić information content (AvgIpc) is 2.72. The third-order valence-corrected chi connectivity index (χ3v) is 4.64. The number of benzene rings is 3. The average molecular weight is 460 g/mol. The van der Waals surface area contributed by atoms with E-state index in [-0.39, 0.29) is 18.0 Å². The van der Waals surface area contributed by atoms with E-state index in [2.05, 4.69) is 15.9 Å². The summed E-state index contributed by atoms with van der Waals surface area (Å²) in [4.78, 5) is 24.7. The summed E-state index contributed by atoms with van der Waals surface area (Å²) in [6.07, 6.45) is 0. The summed E-state index contributed by atoms with van der Waals surface area (Å²) in [6, 6.07) is 21.1. The molecular formula is C22H16BrClO4. The Balaban J connectivity index is 1.67. The van der Waals surface area contributed by atoms with Crippen molar-refractivity contribution < 1.29 is 19.1 Å². The van der Waals surface area contributed by atoms with Crippen LogP contribution in [0, 0.1) is 0 Å². The van der Waals surface area contributed by atoms with Gasteiger partial charge in [0, 0.05) is 15.1 Å². The quantitative estimate of drug-likeness (QED) is 0.335. The first-order valence-electron chi connectivity index (χ1n) is 8.45. The zero-order valence-electron chi connectivity index (χ0n) is 14.7. The number of rotatable bonds is 7. The van der Waals surface area contributed by atoms with Crippen LogP contribution in [0.5, 0.6) is 5.75 Å². The molecule has 0 N–H and O–H groups in total. The van der Waals surface area contributed by atoms with Crippen LogP contribution >= 0.6 is 27.5 Å². The van der Waals surface area contributed by atoms with Gasteiger partial charge in [0.25, 0.3) is 0 Å². The molecule has 0 amide bonds. The molecule has 0 aromatic heterocycles. The summed E-state index contributed by atoms with van der Waals surface area (Å²) < 4.78 is 11.7. The molecule has 0 spiro atoms. The normalized spacial score (nSPS) is 10.4. The molecule has 0 aliphatic heterocycles. The first kappa shape index (κ1) is 20.1. The summed E-state index contributed by atoms with van der Waals surface area (Å²) in [7, 11) is 0. The van der Waals surface area contributed by atoms with Crippen molar-refractivity contribution in [1.82, 2.24) is 0 Å². The highest BCUT2D eigenvalue weighted by molar-refractivity contribution is 9.10. The molecule has 0 bridgehead atoms. The fraction of sp³-hybridized carbons (Fsp3) is 0.0909. The first-order valence-corrected chi connectivity index (χ1v) is 9.62. The van der Waals surface area contributed by atoms with Gasteiger partial charge in [0.15, 0.2) is 12.4 Å². The second-order valence-corrected chi connectivity index (χ2v) is 7.27. The van der Waals surface area contributed by atoms with Crippen LogP contribution < -0.4 is 4.74 Å². The lowest BCUT2D eigenvalue weighted by molar-refractivity contribution is 0.0470. The van der Waals surface area contributed by atoms with Crippen molar-refractivity contribution in [3.8, 4) is 5.75 Å². The molecule has 0 aliphatic carbocycles. The lowest BCUT2D eigenvalue weighted by Crippen LogP contribution is -2.15. The largest absolute Gasteiger partial charge is 0.488 e. The summed E-state index contributed by atoms with van der Waals surface area (Å²) in [5.74, 6) is -0.561. The number of hydrogen-bond acceptors (Lipinski definition) is 4. The Morgan fingerprint density at radius 3 is 2.36 bits per heavy atom. The van der Waals surface area contributed by atoms with Crippen LogP contribution in [0.15, 0.2) is 77.3 Å². The highest BCUT2D eigenvalue weighted by atomic mass is 79.9. The maximum Gasteiger partial charge on any atom is 0.342 e. The second-order valence-electron chi connectivity index (χ2n) is 5.92. The third-order valence-electron chi connectivity index (χ3n) is 3.90. The Bertz CT molecular complexity index is 972. The predicted molar refractivity (Wildman–Crippen MR) is 111 cm³/mol. The number of ether oxygens (including phenoxy) is 2. The molecule has 0 atom stereocenters. The van der Waals surface area contributed by atoms with Crippen LogP contribution in [-0.2, 0) is 11.3 Å². The molecular weight excluding hydrogens is 444 g/mol. The molecule has 0 saturated heterocycles. The summed E-state index contributed by atoms with van der Waals surface area (Å²) in [5.41, 5.74) is 1.64. The standard InChI is InChI=1S/C22H16BrClO4/c23-17-8-11-21(27-13-15-4-2-1-3-5-15)19(12-17)22(26)28-14-20(25)16-6-9-18(24)10-7-16/h1-12H,13-14H2. The summed E-state index contributed by atoms with van der Waals surface area (Å²) >= 11 is 9.16. The van der Waals surface area contributed by atoms with E-state index in [9.17, 15) is 9.59 Å². The minimum atomic E-state index is -0.633. The maximum atomic E-state index is 12.5. The van der Waals surface area contributed by atoms with Gasteiger partial charge >= 0.3 is 5.97 Å². The van der Waals surface area contributed by atoms with Crippen LogP contribution in [-0.4, -0.2) is 18.4 Å². The summed E-state index contributed by atoms with van der Waals surface area (Å²) in [5, 5.41) is 0.530. The second kappa shape index (κ2) is 9.53. The van der Waals surface area contributed by atoms with Gasteiger partial charge in [0.2, 0.25) is 0 Å². The number of Topliss-reactive ketones (excluding diaryl/α,β-unsaturated/α-hetero) is 1. The van der Waals surface area contributed by atoms with Gasteiger partial charge in [-0.15, -0.1) is 0 Å². The Morgan fingerprint density at radius 2 is 1.64 bits per heavy atom. The highest BCUT2D eigenvalue weighted by Crippen LogP contribution is 2.25. The van der Waals surface area contributed by atoms with Gasteiger partial charge in [0.05, 0.1) is 0 Å². The van der Waals surface area contributed by atoms with Crippen molar-refractivity contribution in [2.75, 3.05) is 6.61 Å². The number of ketones is 1. The van der Waals surface area contributed by atoms with E-state index in [0.29, 0.717) is 27.4 Å². The van der Waals surface area contributed by atoms with E-state index in [1.54, 1.807) is 42.5 Å². The molecule has 3 aromatic carbocycles. The molecule has 6 heteroatoms. The molecule has 0 fully saturated rings. The Morgan fingerprint density at radius 1 is 0.929 bits per heavy atom. The van der Waals surface area contributed by atoms with Crippen LogP contribution in [0.1, 0.15) is 26.3 Å². The lowest BCUT2D eigenvalue weighted by atomic mass is 10.1. The number of carbonyl (C=O) groups excluding carboxylic acids is 2. The van der Waals surface area contributed by atoms with Crippen molar-refractivity contribution in [3.05, 3.63) is 99.0 Å². The van der Waals surface area contributed by atoms with Gasteiger partial charge in [-0.1, -0.05) is 57.9 Å². The van der Waals surface area contributed by atoms with Gasteiger partial charge < -0.3 is 9.47 Å². The topological polar surface area (TPSA) is 52.6 Å². The zero-order valence-corrected chi connectivity index (χ0v) is 17.1. The van der Waals surface area contributed by atoms with E-state index in [1.165, 1.54) is 0 Å². The molecule has 0 heterocycles. The van der Waals surface area contributed by atoms with Crippen LogP contribution in [0.4, 0.5) is 0 Å². The van der Waals surface area contributed by atoms with Crippen LogP contribution in [0.25, 0.3) is 0 Å². The number of carbonyl (C=O) groups is 2. The maximum absolute atomic E-state index is 12.5. The lowest BCUT2D eigenvalue weighted by Gasteiger charge is -2.12. The number of halogens is 2.